The molecule has 8 heteroatoms. The van der Waals surface area contributed by atoms with E-state index >= 15 is 0 Å². The van der Waals surface area contributed by atoms with Crippen LogP contribution < -0.4 is 11.1 Å². The number of hydrogen-bond acceptors (Lipinski definition) is 2. The summed E-state index contributed by atoms with van der Waals surface area (Å²) in [7, 11) is 0. The maximum Gasteiger partial charge on any atom is 0.419 e. The number of amides is 2. The molecule has 0 aliphatic carbocycles. The molecule has 122 valence electrons. The van der Waals surface area contributed by atoms with E-state index < -0.39 is 46.4 Å². The molecule has 0 aliphatic heterocycles. The highest BCUT2D eigenvalue weighted by Gasteiger charge is 2.35. The molecule has 0 saturated heterocycles. The van der Waals surface area contributed by atoms with Crippen molar-refractivity contribution in [1.82, 2.24) is 5.32 Å². The van der Waals surface area contributed by atoms with E-state index in [0.717, 1.165) is 6.07 Å². The van der Waals surface area contributed by atoms with Crippen molar-refractivity contribution < 1.29 is 27.2 Å². The molecule has 2 amide bonds. The summed E-state index contributed by atoms with van der Waals surface area (Å²) in [6.07, 6.45) is -4.92. The van der Waals surface area contributed by atoms with Crippen LogP contribution >= 0.6 is 0 Å². The molecular formula is C14H16F4N2O2. The van der Waals surface area contributed by atoms with Crippen LogP contribution in [0.3, 0.4) is 0 Å². The maximum absolute atomic E-state index is 13.2. The van der Waals surface area contributed by atoms with Crippen LogP contribution in [0.5, 0.6) is 0 Å². The van der Waals surface area contributed by atoms with E-state index in [1.807, 2.05) is 0 Å². The molecule has 0 aromatic heterocycles. The summed E-state index contributed by atoms with van der Waals surface area (Å²) in [6.45, 7) is 4.90. The third kappa shape index (κ3) is 4.19. The van der Waals surface area contributed by atoms with Crippen LogP contribution in [0.25, 0.3) is 0 Å². The molecule has 0 spiro atoms. The van der Waals surface area contributed by atoms with E-state index in [1.54, 1.807) is 20.8 Å². The highest BCUT2D eigenvalue weighted by Crippen LogP contribution is 2.32. The second-order valence-electron chi connectivity index (χ2n) is 5.87. The average molecular weight is 320 g/mol. The molecule has 22 heavy (non-hydrogen) atoms. The van der Waals surface area contributed by atoms with Gasteiger partial charge in [0, 0.05) is 5.56 Å². The van der Waals surface area contributed by atoms with E-state index in [-0.39, 0.29) is 0 Å². The van der Waals surface area contributed by atoms with Gasteiger partial charge in [-0.15, -0.1) is 0 Å². The largest absolute Gasteiger partial charge is 0.419 e. The highest BCUT2D eigenvalue weighted by molar-refractivity contribution is 5.97. The van der Waals surface area contributed by atoms with Crippen molar-refractivity contribution >= 4 is 11.8 Å². The predicted molar refractivity (Wildman–Crippen MR) is 71.3 cm³/mol. The first-order valence-electron chi connectivity index (χ1n) is 6.31. The summed E-state index contributed by atoms with van der Waals surface area (Å²) in [5.41, 5.74) is 2.49. The van der Waals surface area contributed by atoms with Gasteiger partial charge in [0.15, 0.2) is 0 Å². The van der Waals surface area contributed by atoms with Gasteiger partial charge in [-0.05, 0) is 23.6 Å². The maximum atomic E-state index is 13.2. The Labute approximate surface area is 124 Å². The minimum atomic E-state index is -4.92. The fraction of sp³-hybridized carbons (Fsp3) is 0.429. The van der Waals surface area contributed by atoms with Crippen LogP contribution in [-0.4, -0.2) is 17.9 Å². The van der Waals surface area contributed by atoms with Gasteiger partial charge in [-0.3, -0.25) is 9.59 Å². The van der Waals surface area contributed by atoms with Gasteiger partial charge >= 0.3 is 6.18 Å². The molecule has 3 N–H and O–H groups in total. The lowest BCUT2D eigenvalue weighted by Crippen LogP contribution is -2.52. The molecule has 4 nitrogen and oxygen atoms in total. The standard InChI is InChI=1S/C14H16F4N2O2/c1-13(2,3)10(11(19)21)20-12(22)7-4-5-9(15)8(6-7)14(16,17)18/h4-6,10H,1-3H3,(H2,19,21)(H,20,22)/t10-/m0/s1. The summed E-state index contributed by atoms with van der Waals surface area (Å²) >= 11 is 0. The predicted octanol–water partition coefficient (Wildman–Crippen LogP) is 2.47. The van der Waals surface area contributed by atoms with Crippen LogP contribution in [0.4, 0.5) is 17.6 Å². The lowest BCUT2D eigenvalue weighted by atomic mass is 9.86. The Morgan fingerprint density at radius 3 is 2.14 bits per heavy atom. The van der Waals surface area contributed by atoms with Crippen LogP contribution in [0.1, 0.15) is 36.7 Å². The van der Waals surface area contributed by atoms with Crippen molar-refractivity contribution in [1.29, 1.82) is 0 Å². The summed E-state index contributed by atoms with van der Waals surface area (Å²) in [6, 6.07) is 0.763. The molecule has 1 rings (SSSR count). The van der Waals surface area contributed by atoms with Crippen molar-refractivity contribution in [3.63, 3.8) is 0 Å². The van der Waals surface area contributed by atoms with E-state index in [0.29, 0.717) is 12.1 Å². The van der Waals surface area contributed by atoms with Gasteiger partial charge in [-0.1, -0.05) is 20.8 Å². The molecule has 0 heterocycles. The molecule has 0 unspecified atom stereocenters. The van der Waals surface area contributed by atoms with Crippen molar-refractivity contribution in [2.75, 3.05) is 0 Å². The van der Waals surface area contributed by atoms with Crippen LogP contribution in [0.15, 0.2) is 18.2 Å². The molecule has 0 fully saturated rings. The summed E-state index contributed by atoms with van der Waals surface area (Å²) in [5, 5.41) is 2.27. The molecule has 1 atom stereocenters. The molecule has 0 bridgehead atoms. The molecule has 0 saturated carbocycles. The summed E-state index contributed by atoms with van der Waals surface area (Å²) in [5.74, 6) is -3.24. The number of nitrogens with one attached hydrogen (secondary N) is 1. The smallest absolute Gasteiger partial charge is 0.368 e. The lowest BCUT2D eigenvalue weighted by molar-refractivity contribution is -0.140. The number of alkyl halides is 3. The van der Waals surface area contributed by atoms with E-state index in [2.05, 4.69) is 5.32 Å². The van der Waals surface area contributed by atoms with E-state index in [4.69, 9.17) is 5.73 Å². The van der Waals surface area contributed by atoms with Gasteiger partial charge in [0.25, 0.3) is 5.91 Å². The number of halogens is 4. The second kappa shape index (κ2) is 5.94. The number of benzene rings is 1. The first kappa shape index (κ1) is 17.9. The van der Waals surface area contributed by atoms with Gasteiger partial charge in [0.1, 0.15) is 11.9 Å². The van der Waals surface area contributed by atoms with Crippen molar-refractivity contribution in [3.8, 4) is 0 Å². The Morgan fingerprint density at radius 2 is 1.73 bits per heavy atom. The van der Waals surface area contributed by atoms with Gasteiger partial charge in [0.05, 0.1) is 5.56 Å². The fourth-order valence-electron chi connectivity index (χ4n) is 1.81. The Bertz CT molecular complexity index is 591. The number of carbonyl (C=O) groups excluding carboxylic acids is 2. The van der Waals surface area contributed by atoms with Crippen molar-refractivity contribution in [2.24, 2.45) is 11.1 Å². The normalized spacial score (nSPS) is 13.6. The Hall–Kier alpha value is -2.12. The van der Waals surface area contributed by atoms with Gasteiger partial charge in [-0.2, -0.15) is 13.2 Å². The first-order chi connectivity index (χ1) is 9.84. The molecular weight excluding hydrogens is 304 g/mol. The number of primary amides is 1. The minimum absolute atomic E-state index is 0.394. The van der Waals surface area contributed by atoms with Crippen LogP contribution in [0, 0.1) is 11.2 Å². The number of nitrogens with two attached hydrogens (primary N) is 1. The zero-order valence-electron chi connectivity index (χ0n) is 12.2. The van der Waals surface area contributed by atoms with Gasteiger partial charge in [0.2, 0.25) is 5.91 Å². The van der Waals surface area contributed by atoms with Crippen LogP contribution in [-0.2, 0) is 11.0 Å². The molecule has 0 aliphatic rings. The fourth-order valence-corrected chi connectivity index (χ4v) is 1.81. The third-order valence-electron chi connectivity index (χ3n) is 2.96. The third-order valence-corrected chi connectivity index (χ3v) is 2.96. The summed E-state index contributed by atoms with van der Waals surface area (Å²) in [4.78, 5) is 23.3. The van der Waals surface area contributed by atoms with Crippen LogP contribution in [0.2, 0.25) is 0 Å². The monoisotopic (exact) mass is 320 g/mol. The first-order valence-corrected chi connectivity index (χ1v) is 6.31. The second-order valence-corrected chi connectivity index (χ2v) is 5.87. The molecule has 1 aromatic carbocycles. The van der Waals surface area contributed by atoms with E-state index in [9.17, 15) is 27.2 Å². The van der Waals surface area contributed by atoms with Crippen molar-refractivity contribution in [2.45, 2.75) is 33.0 Å². The minimum Gasteiger partial charge on any atom is -0.368 e. The number of carbonyl (C=O) groups is 2. The quantitative estimate of drug-likeness (QED) is 0.840. The Kier molecular flexibility index (Phi) is 4.84. The molecule has 0 radical (unpaired) electrons. The van der Waals surface area contributed by atoms with E-state index in [1.165, 1.54) is 0 Å². The Morgan fingerprint density at radius 1 is 1.18 bits per heavy atom. The Balaban J connectivity index is 3.12. The van der Waals surface area contributed by atoms with Gasteiger partial charge < -0.3 is 11.1 Å². The van der Waals surface area contributed by atoms with Crippen molar-refractivity contribution in [3.05, 3.63) is 35.1 Å². The highest BCUT2D eigenvalue weighted by atomic mass is 19.4. The number of hydrogen-bond donors (Lipinski definition) is 2. The lowest BCUT2D eigenvalue weighted by Gasteiger charge is -2.28. The zero-order chi connectivity index (χ0) is 17.3. The average Bonchev–Trinajstić information content (AvgIpc) is 2.32. The zero-order valence-corrected chi connectivity index (χ0v) is 12.2. The number of rotatable bonds is 3. The topological polar surface area (TPSA) is 72.2 Å². The SMILES string of the molecule is CC(C)(C)[C@@H](NC(=O)c1ccc(F)c(C(F)(F)F)c1)C(N)=O. The summed E-state index contributed by atoms with van der Waals surface area (Å²) < 4.78 is 51.1. The molecule has 1 aromatic rings. The van der Waals surface area contributed by atoms with Gasteiger partial charge in [-0.25, -0.2) is 4.39 Å².